The van der Waals surface area contributed by atoms with Crippen molar-refractivity contribution in [2.24, 2.45) is 0 Å². The molecular formula is C20H23NO2S. The van der Waals surface area contributed by atoms with Gasteiger partial charge in [-0.15, -0.1) is 0 Å². The lowest BCUT2D eigenvalue weighted by Crippen LogP contribution is -2.35. The van der Waals surface area contributed by atoms with Crippen molar-refractivity contribution in [2.45, 2.75) is 31.9 Å². The fourth-order valence-electron chi connectivity index (χ4n) is 2.87. The Kier molecular flexibility index (Phi) is 5.70. The van der Waals surface area contributed by atoms with Gasteiger partial charge in [-0.1, -0.05) is 48.5 Å². The van der Waals surface area contributed by atoms with E-state index in [1.165, 1.54) is 5.56 Å². The van der Waals surface area contributed by atoms with Crippen molar-refractivity contribution in [3.05, 3.63) is 66.2 Å². The first kappa shape index (κ1) is 16.8. The van der Waals surface area contributed by atoms with E-state index in [1.54, 1.807) is 0 Å². The Labute approximate surface area is 149 Å². The SMILES string of the molecule is C[C@@H](CCc1ccccc1)N1C[C@H](COc2ccccc2)OC1=S. The lowest BCUT2D eigenvalue weighted by atomic mass is 10.1. The second kappa shape index (κ2) is 8.15. The highest BCUT2D eigenvalue weighted by atomic mass is 32.1. The van der Waals surface area contributed by atoms with Crippen LogP contribution in [0.25, 0.3) is 0 Å². The summed E-state index contributed by atoms with van der Waals surface area (Å²) >= 11 is 5.40. The van der Waals surface area contributed by atoms with Crippen molar-refractivity contribution in [3.63, 3.8) is 0 Å². The molecule has 2 atom stereocenters. The molecule has 0 saturated carbocycles. The van der Waals surface area contributed by atoms with Crippen LogP contribution in [0.4, 0.5) is 0 Å². The normalized spacial score (nSPS) is 18.3. The van der Waals surface area contributed by atoms with Crippen LogP contribution >= 0.6 is 12.2 Å². The smallest absolute Gasteiger partial charge is 0.260 e. The van der Waals surface area contributed by atoms with Gasteiger partial charge in [0, 0.05) is 6.04 Å². The molecule has 0 spiro atoms. The molecule has 1 saturated heterocycles. The fraction of sp³-hybridized carbons (Fsp3) is 0.350. The number of hydrogen-bond donors (Lipinski definition) is 0. The molecule has 0 unspecified atom stereocenters. The Morgan fingerprint density at radius 2 is 1.79 bits per heavy atom. The minimum Gasteiger partial charge on any atom is -0.490 e. The summed E-state index contributed by atoms with van der Waals surface area (Å²) in [5.41, 5.74) is 1.36. The van der Waals surface area contributed by atoms with Gasteiger partial charge in [0.1, 0.15) is 12.4 Å². The van der Waals surface area contributed by atoms with E-state index in [0.717, 1.165) is 25.1 Å². The predicted octanol–water partition coefficient (Wildman–Crippen LogP) is 4.07. The summed E-state index contributed by atoms with van der Waals surface area (Å²) in [6.07, 6.45) is 2.10. The van der Waals surface area contributed by atoms with Gasteiger partial charge in [0.2, 0.25) is 0 Å². The van der Waals surface area contributed by atoms with Crippen LogP contribution in [0, 0.1) is 0 Å². The Balaban J connectivity index is 1.47. The molecule has 0 N–H and O–H groups in total. The third kappa shape index (κ3) is 4.48. The van der Waals surface area contributed by atoms with Crippen LogP contribution in [0.5, 0.6) is 5.75 Å². The number of nitrogens with zero attached hydrogens (tertiary/aromatic N) is 1. The molecule has 0 aromatic heterocycles. The van der Waals surface area contributed by atoms with Crippen molar-refractivity contribution >= 4 is 17.4 Å². The third-order valence-corrected chi connectivity index (χ3v) is 4.64. The zero-order chi connectivity index (χ0) is 16.8. The molecule has 1 aliphatic rings. The molecule has 1 aliphatic heterocycles. The number of hydrogen-bond acceptors (Lipinski definition) is 3. The van der Waals surface area contributed by atoms with E-state index < -0.39 is 0 Å². The average Bonchev–Trinajstić information content (AvgIpc) is 3.00. The zero-order valence-corrected chi connectivity index (χ0v) is 14.7. The summed E-state index contributed by atoms with van der Waals surface area (Å²) in [5.74, 6) is 0.864. The van der Waals surface area contributed by atoms with E-state index in [2.05, 4.69) is 36.1 Å². The van der Waals surface area contributed by atoms with Crippen LogP contribution in [0.2, 0.25) is 0 Å². The molecule has 3 nitrogen and oxygen atoms in total. The second-order valence-corrected chi connectivity index (χ2v) is 6.50. The van der Waals surface area contributed by atoms with Gasteiger partial charge in [-0.2, -0.15) is 0 Å². The lowest BCUT2D eigenvalue weighted by molar-refractivity contribution is 0.147. The maximum Gasteiger partial charge on any atom is 0.260 e. The Morgan fingerprint density at radius 1 is 1.12 bits per heavy atom. The number of para-hydroxylation sites is 1. The first-order valence-corrected chi connectivity index (χ1v) is 8.82. The molecule has 126 valence electrons. The molecular weight excluding hydrogens is 318 g/mol. The van der Waals surface area contributed by atoms with Gasteiger partial charge in [-0.3, -0.25) is 0 Å². The van der Waals surface area contributed by atoms with Crippen LogP contribution < -0.4 is 4.74 Å². The molecule has 0 aliphatic carbocycles. The summed E-state index contributed by atoms with van der Waals surface area (Å²) in [6, 6.07) is 20.7. The van der Waals surface area contributed by atoms with E-state index >= 15 is 0 Å². The minimum atomic E-state index is -0.00289. The molecule has 3 rings (SSSR count). The highest BCUT2D eigenvalue weighted by Gasteiger charge is 2.31. The Bertz CT molecular complexity index is 647. The van der Waals surface area contributed by atoms with Gasteiger partial charge >= 0.3 is 0 Å². The van der Waals surface area contributed by atoms with Gasteiger partial charge in [-0.25, -0.2) is 0 Å². The first-order chi connectivity index (χ1) is 11.7. The molecule has 2 aromatic carbocycles. The van der Waals surface area contributed by atoms with E-state index in [-0.39, 0.29) is 6.10 Å². The van der Waals surface area contributed by atoms with Gasteiger partial charge in [0.25, 0.3) is 5.17 Å². The molecule has 0 bridgehead atoms. The van der Waals surface area contributed by atoms with E-state index in [1.807, 2.05) is 36.4 Å². The summed E-state index contributed by atoms with van der Waals surface area (Å²) in [6.45, 7) is 3.52. The molecule has 24 heavy (non-hydrogen) atoms. The largest absolute Gasteiger partial charge is 0.490 e. The van der Waals surface area contributed by atoms with Crippen LogP contribution in [0.3, 0.4) is 0 Å². The zero-order valence-electron chi connectivity index (χ0n) is 13.9. The number of aryl methyl sites for hydroxylation is 1. The van der Waals surface area contributed by atoms with Crippen LogP contribution in [-0.2, 0) is 11.2 Å². The molecule has 2 aromatic rings. The average molecular weight is 341 g/mol. The van der Waals surface area contributed by atoms with Gasteiger partial charge < -0.3 is 14.4 Å². The second-order valence-electron chi connectivity index (χ2n) is 6.16. The summed E-state index contributed by atoms with van der Waals surface area (Å²) in [5, 5.41) is 0.595. The Hall–Kier alpha value is -2.07. The maximum absolute atomic E-state index is 5.80. The van der Waals surface area contributed by atoms with E-state index in [4.69, 9.17) is 21.7 Å². The van der Waals surface area contributed by atoms with Crippen molar-refractivity contribution in [1.82, 2.24) is 4.90 Å². The standard InChI is InChI=1S/C20H23NO2S/c1-16(12-13-17-8-4-2-5-9-17)21-14-19(23-20(21)24)15-22-18-10-6-3-7-11-18/h2-11,16,19H,12-15H2,1H3/t16-,19+/m0/s1. The van der Waals surface area contributed by atoms with Gasteiger partial charge in [0.15, 0.2) is 6.10 Å². The molecule has 1 fully saturated rings. The molecule has 0 amide bonds. The van der Waals surface area contributed by atoms with Crippen molar-refractivity contribution < 1.29 is 9.47 Å². The molecule has 1 heterocycles. The van der Waals surface area contributed by atoms with Gasteiger partial charge in [0.05, 0.1) is 6.54 Å². The topological polar surface area (TPSA) is 21.7 Å². The van der Waals surface area contributed by atoms with Crippen molar-refractivity contribution in [3.8, 4) is 5.75 Å². The molecule has 4 heteroatoms. The Morgan fingerprint density at radius 3 is 2.50 bits per heavy atom. The van der Waals surface area contributed by atoms with E-state index in [9.17, 15) is 0 Å². The summed E-state index contributed by atoms with van der Waals surface area (Å²) in [7, 11) is 0. The van der Waals surface area contributed by atoms with Crippen LogP contribution in [0.1, 0.15) is 18.9 Å². The monoisotopic (exact) mass is 341 g/mol. The quantitative estimate of drug-likeness (QED) is 0.708. The minimum absolute atomic E-state index is 0.00289. The number of rotatable bonds is 7. The fourth-order valence-corrected chi connectivity index (χ4v) is 3.26. The lowest BCUT2D eigenvalue weighted by Gasteiger charge is -2.23. The number of benzene rings is 2. The maximum atomic E-state index is 5.80. The molecule has 0 radical (unpaired) electrons. The summed E-state index contributed by atoms with van der Waals surface area (Å²) < 4.78 is 11.6. The van der Waals surface area contributed by atoms with Crippen molar-refractivity contribution in [2.75, 3.05) is 13.2 Å². The van der Waals surface area contributed by atoms with E-state index in [0.29, 0.717) is 17.8 Å². The predicted molar refractivity (Wildman–Crippen MR) is 100 cm³/mol. The summed E-state index contributed by atoms with van der Waals surface area (Å²) in [4.78, 5) is 2.18. The highest BCUT2D eigenvalue weighted by Crippen LogP contribution is 2.19. The van der Waals surface area contributed by atoms with Crippen molar-refractivity contribution in [1.29, 1.82) is 0 Å². The first-order valence-electron chi connectivity index (χ1n) is 8.41. The number of ether oxygens (including phenoxy) is 2. The van der Waals surface area contributed by atoms with Crippen LogP contribution in [0.15, 0.2) is 60.7 Å². The van der Waals surface area contributed by atoms with Gasteiger partial charge in [-0.05, 0) is 49.7 Å². The van der Waals surface area contributed by atoms with Crippen LogP contribution in [-0.4, -0.2) is 35.4 Å². The third-order valence-electron chi connectivity index (χ3n) is 4.31. The number of thiocarbonyl (C=S) groups is 1. The highest BCUT2D eigenvalue weighted by molar-refractivity contribution is 7.80.